The van der Waals surface area contributed by atoms with E-state index in [2.05, 4.69) is 15.1 Å². The summed E-state index contributed by atoms with van der Waals surface area (Å²) in [5.74, 6) is 0.571. The second kappa shape index (κ2) is 3.34. The van der Waals surface area contributed by atoms with Gasteiger partial charge in [0.1, 0.15) is 0 Å². The van der Waals surface area contributed by atoms with E-state index in [4.69, 9.17) is 5.73 Å². The number of aromatic nitrogens is 4. The minimum absolute atomic E-state index is 0.571. The van der Waals surface area contributed by atoms with Crippen molar-refractivity contribution in [1.29, 1.82) is 0 Å². The van der Waals surface area contributed by atoms with Gasteiger partial charge in [-0.3, -0.25) is 0 Å². The van der Waals surface area contributed by atoms with Gasteiger partial charge in [-0.1, -0.05) is 0 Å². The van der Waals surface area contributed by atoms with E-state index < -0.39 is 0 Å². The van der Waals surface area contributed by atoms with Gasteiger partial charge in [0.15, 0.2) is 0 Å². The molecular weight excluding hydrogens is 190 g/mol. The van der Waals surface area contributed by atoms with Crippen molar-refractivity contribution >= 4 is 5.69 Å². The highest BCUT2D eigenvalue weighted by Crippen LogP contribution is 2.12. The van der Waals surface area contributed by atoms with Crippen molar-refractivity contribution in [1.82, 2.24) is 19.7 Å². The smallest absolute Gasteiger partial charge is 0.251 e. The van der Waals surface area contributed by atoms with E-state index >= 15 is 0 Å². The molecule has 0 fully saturated rings. The molecule has 0 radical (unpaired) electrons. The summed E-state index contributed by atoms with van der Waals surface area (Å²) < 4.78 is 1.65. The highest BCUT2D eigenvalue weighted by Gasteiger charge is 2.08. The van der Waals surface area contributed by atoms with Crippen LogP contribution in [0.4, 0.5) is 5.69 Å². The molecule has 0 spiro atoms. The highest BCUT2D eigenvalue weighted by atomic mass is 15.4. The van der Waals surface area contributed by atoms with Crippen LogP contribution in [0.15, 0.2) is 12.3 Å². The van der Waals surface area contributed by atoms with Gasteiger partial charge in [0, 0.05) is 11.4 Å². The van der Waals surface area contributed by atoms with Crippen LogP contribution in [-0.4, -0.2) is 19.7 Å². The molecule has 0 unspecified atom stereocenters. The van der Waals surface area contributed by atoms with Crippen LogP contribution >= 0.6 is 0 Å². The standard InChI is InChI=1S/C10H13N5/c1-6-4-7(2)14-10(13-6)15-8(3)9(11)5-12-15/h4-5H,11H2,1-3H3. The molecule has 0 atom stereocenters. The van der Waals surface area contributed by atoms with Crippen molar-refractivity contribution in [3.63, 3.8) is 0 Å². The Balaban J connectivity index is 2.58. The Bertz CT molecular complexity index is 480. The topological polar surface area (TPSA) is 69.6 Å². The summed E-state index contributed by atoms with van der Waals surface area (Å²) in [5.41, 5.74) is 9.07. The monoisotopic (exact) mass is 203 g/mol. The average Bonchev–Trinajstić information content (AvgIpc) is 2.46. The average molecular weight is 203 g/mol. The fraction of sp³-hybridized carbons (Fsp3) is 0.300. The minimum Gasteiger partial charge on any atom is -0.396 e. The first kappa shape index (κ1) is 9.64. The molecule has 78 valence electrons. The lowest BCUT2D eigenvalue weighted by Gasteiger charge is -2.04. The van der Waals surface area contributed by atoms with Gasteiger partial charge in [0.2, 0.25) is 0 Å². The van der Waals surface area contributed by atoms with Crippen LogP contribution < -0.4 is 5.73 Å². The fourth-order valence-electron chi connectivity index (χ4n) is 1.43. The second-order valence-electron chi connectivity index (χ2n) is 3.55. The molecule has 0 aliphatic heterocycles. The lowest BCUT2D eigenvalue weighted by Crippen LogP contribution is -2.07. The van der Waals surface area contributed by atoms with Gasteiger partial charge in [-0.2, -0.15) is 5.10 Å². The zero-order chi connectivity index (χ0) is 11.0. The largest absolute Gasteiger partial charge is 0.396 e. The van der Waals surface area contributed by atoms with Crippen molar-refractivity contribution < 1.29 is 0 Å². The molecule has 2 heterocycles. The number of anilines is 1. The van der Waals surface area contributed by atoms with Crippen molar-refractivity contribution in [3.05, 3.63) is 29.3 Å². The molecule has 2 aromatic heterocycles. The Morgan fingerprint density at radius 3 is 2.20 bits per heavy atom. The number of hydrogen-bond donors (Lipinski definition) is 1. The Labute approximate surface area is 88.0 Å². The molecular formula is C10H13N5. The van der Waals surface area contributed by atoms with Gasteiger partial charge < -0.3 is 5.73 Å². The predicted octanol–water partition coefficient (Wildman–Crippen LogP) is 1.17. The van der Waals surface area contributed by atoms with Crippen molar-refractivity contribution in [2.45, 2.75) is 20.8 Å². The van der Waals surface area contributed by atoms with Crippen LogP contribution in [0.3, 0.4) is 0 Å². The number of hydrogen-bond acceptors (Lipinski definition) is 4. The predicted molar refractivity (Wildman–Crippen MR) is 57.8 cm³/mol. The fourth-order valence-corrected chi connectivity index (χ4v) is 1.43. The molecule has 5 nitrogen and oxygen atoms in total. The second-order valence-corrected chi connectivity index (χ2v) is 3.55. The molecule has 0 aliphatic carbocycles. The first-order valence-electron chi connectivity index (χ1n) is 4.70. The molecule has 5 heteroatoms. The first-order valence-corrected chi connectivity index (χ1v) is 4.70. The summed E-state index contributed by atoms with van der Waals surface area (Å²) in [4.78, 5) is 8.62. The van der Waals surface area contributed by atoms with Crippen molar-refractivity contribution in [3.8, 4) is 5.95 Å². The van der Waals surface area contributed by atoms with Gasteiger partial charge in [0.25, 0.3) is 5.95 Å². The maximum absolute atomic E-state index is 5.72. The first-order chi connectivity index (χ1) is 7.08. The third-order valence-electron chi connectivity index (χ3n) is 2.21. The van der Waals surface area contributed by atoms with Crippen LogP contribution in [0.5, 0.6) is 0 Å². The van der Waals surface area contributed by atoms with Gasteiger partial charge >= 0.3 is 0 Å². The van der Waals surface area contributed by atoms with E-state index in [1.54, 1.807) is 10.9 Å². The van der Waals surface area contributed by atoms with E-state index in [0.29, 0.717) is 11.6 Å². The quantitative estimate of drug-likeness (QED) is 0.755. The zero-order valence-electron chi connectivity index (χ0n) is 9.02. The summed E-state index contributed by atoms with van der Waals surface area (Å²) in [5, 5.41) is 4.13. The Morgan fingerprint density at radius 1 is 1.13 bits per heavy atom. The number of nitrogens with zero attached hydrogens (tertiary/aromatic N) is 4. The van der Waals surface area contributed by atoms with Gasteiger partial charge in [-0.05, 0) is 26.8 Å². The maximum Gasteiger partial charge on any atom is 0.251 e. The van der Waals surface area contributed by atoms with E-state index in [-0.39, 0.29) is 0 Å². The summed E-state index contributed by atoms with van der Waals surface area (Å²) in [6, 6.07) is 1.92. The maximum atomic E-state index is 5.72. The lowest BCUT2D eigenvalue weighted by atomic mass is 10.3. The van der Waals surface area contributed by atoms with Crippen LogP contribution in [0.2, 0.25) is 0 Å². The Hall–Kier alpha value is -1.91. The van der Waals surface area contributed by atoms with Gasteiger partial charge in [0.05, 0.1) is 17.6 Å². The Morgan fingerprint density at radius 2 is 1.73 bits per heavy atom. The number of nitrogen functional groups attached to an aromatic ring is 1. The van der Waals surface area contributed by atoms with Gasteiger partial charge in [-0.25, -0.2) is 14.6 Å². The van der Waals surface area contributed by atoms with Crippen molar-refractivity contribution in [2.24, 2.45) is 0 Å². The summed E-state index contributed by atoms with van der Waals surface area (Å²) in [6.07, 6.45) is 1.61. The number of aryl methyl sites for hydroxylation is 2. The van der Waals surface area contributed by atoms with E-state index in [9.17, 15) is 0 Å². The third-order valence-corrected chi connectivity index (χ3v) is 2.21. The molecule has 2 rings (SSSR count). The summed E-state index contributed by atoms with van der Waals surface area (Å²) >= 11 is 0. The van der Waals surface area contributed by atoms with Crippen LogP contribution in [-0.2, 0) is 0 Å². The normalized spacial score (nSPS) is 10.6. The molecule has 0 saturated heterocycles. The molecule has 0 amide bonds. The molecule has 0 aliphatic rings. The Kier molecular flexibility index (Phi) is 2.15. The highest BCUT2D eigenvalue weighted by molar-refractivity contribution is 5.42. The zero-order valence-corrected chi connectivity index (χ0v) is 9.02. The molecule has 2 N–H and O–H groups in total. The molecule has 0 bridgehead atoms. The SMILES string of the molecule is Cc1cc(C)nc(-n2ncc(N)c2C)n1. The van der Waals surface area contributed by atoms with Crippen LogP contribution in [0.25, 0.3) is 5.95 Å². The van der Waals surface area contributed by atoms with Crippen LogP contribution in [0, 0.1) is 20.8 Å². The summed E-state index contributed by atoms with van der Waals surface area (Å²) in [6.45, 7) is 5.75. The summed E-state index contributed by atoms with van der Waals surface area (Å²) in [7, 11) is 0. The number of nitrogens with two attached hydrogens (primary N) is 1. The molecule has 0 saturated carbocycles. The van der Waals surface area contributed by atoms with E-state index in [1.807, 2.05) is 26.8 Å². The molecule has 0 aromatic carbocycles. The van der Waals surface area contributed by atoms with Crippen molar-refractivity contribution in [2.75, 3.05) is 5.73 Å². The van der Waals surface area contributed by atoms with Crippen LogP contribution in [0.1, 0.15) is 17.1 Å². The van der Waals surface area contributed by atoms with Gasteiger partial charge in [-0.15, -0.1) is 0 Å². The van der Waals surface area contributed by atoms with E-state index in [1.165, 1.54) is 0 Å². The van der Waals surface area contributed by atoms with E-state index in [0.717, 1.165) is 17.1 Å². The third kappa shape index (κ3) is 1.68. The molecule has 15 heavy (non-hydrogen) atoms. The molecule has 2 aromatic rings. The number of rotatable bonds is 1. The minimum atomic E-state index is 0.571. The lowest BCUT2D eigenvalue weighted by molar-refractivity contribution is 0.771.